The molecule has 2 unspecified atom stereocenters. The molecule has 2 aromatic carbocycles. The average molecular weight is 571 g/mol. The zero-order chi connectivity index (χ0) is 29.8. The molecule has 2 amide bonds. The normalized spacial score (nSPS) is 19.4. The topological polar surface area (TPSA) is 130 Å². The van der Waals surface area contributed by atoms with Crippen LogP contribution in [0.2, 0.25) is 0 Å². The van der Waals surface area contributed by atoms with Crippen molar-refractivity contribution in [3.63, 3.8) is 0 Å². The van der Waals surface area contributed by atoms with Crippen molar-refractivity contribution in [1.29, 1.82) is 0 Å². The number of Topliss-reactive ketones (excluding diaryl/α,β-unsaturated/α-hetero) is 1. The number of nitrogens with one attached hydrogen (secondary N) is 2. The fourth-order valence-corrected chi connectivity index (χ4v) is 5.85. The van der Waals surface area contributed by atoms with Crippen molar-refractivity contribution in [2.45, 2.75) is 50.7 Å². The van der Waals surface area contributed by atoms with Crippen molar-refractivity contribution < 1.29 is 19.1 Å². The van der Waals surface area contributed by atoms with Gasteiger partial charge >= 0.3 is 0 Å². The minimum Gasteiger partial charge on any atom is -0.492 e. The fraction of sp³-hybridized carbons (Fsp3) is 0.375. The lowest BCUT2D eigenvalue weighted by atomic mass is 9.96. The second-order valence-corrected chi connectivity index (χ2v) is 11.3. The number of rotatable bonds is 11. The van der Waals surface area contributed by atoms with Gasteiger partial charge < -0.3 is 30.9 Å². The highest BCUT2D eigenvalue weighted by Crippen LogP contribution is 2.38. The zero-order valence-electron chi connectivity index (χ0n) is 24.3. The number of piperidine rings is 1. The molecule has 2 atom stereocenters. The SMILES string of the molecule is CC(=O)c1ccc(N2C3CCC2CC(NC(=O)c2ccc(C(N)=O)c(Nc4cccc(OCCN(C)C)c4)c2)C3)nc1. The van der Waals surface area contributed by atoms with E-state index in [1.165, 1.54) is 6.92 Å². The van der Waals surface area contributed by atoms with E-state index >= 15 is 0 Å². The first kappa shape index (κ1) is 29.1. The smallest absolute Gasteiger partial charge is 0.251 e. The average Bonchev–Trinajstić information content (AvgIpc) is 3.22. The van der Waals surface area contributed by atoms with Gasteiger partial charge in [-0.3, -0.25) is 14.4 Å². The third-order valence-corrected chi connectivity index (χ3v) is 7.95. The van der Waals surface area contributed by atoms with Gasteiger partial charge in [0.1, 0.15) is 18.2 Å². The van der Waals surface area contributed by atoms with Gasteiger partial charge in [0.15, 0.2) is 5.78 Å². The molecule has 2 saturated heterocycles. The van der Waals surface area contributed by atoms with Crippen LogP contribution in [-0.4, -0.2) is 72.9 Å². The van der Waals surface area contributed by atoms with E-state index in [4.69, 9.17) is 10.5 Å². The number of amides is 2. The Morgan fingerprint density at radius 1 is 1.02 bits per heavy atom. The molecule has 2 aliphatic heterocycles. The minimum absolute atomic E-state index is 0.00110. The number of benzene rings is 2. The Bertz CT molecular complexity index is 1440. The Balaban J connectivity index is 1.26. The van der Waals surface area contributed by atoms with Gasteiger partial charge in [0.25, 0.3) is 11.8 Å². The quantitative estimate of drug-likeness (QED) is 0.295. The van der Waals surface area contributed by atoms with Gasteiger partial charge in [0, 0.05) is 53.7 Å². The number of aromatic nitrogens is 1. The lowest BCUT2D eigenvalue weighted by Gasteiger charge is -2.40. The number of likely N-dealkylation sites (N-methyl/N-ethyl adjacent to an activating group) is 1. The van der Waals surface area contributed by atoms with Crippen LogP contribution in [0.25, 0.3) is 0 Å². The Morgan fingerprint density at radius 2 is 1.76 bits per heavy atom. The molecule has 0 saturated carbocycles. The Morgan fingerprint density at radius 3 is 2.40 bits per heavy atom. The van der Waals surface area contributed by atoms with Gasteiger partial charge in [-0.25, -0.2) is 4.98 Å². The second-order valence-electron chi connectivity index (χ2n) is 11.3. The minimum atomic E-state index is -0.586. The summed E-state index contributed by atoms with van der Waals surface area (Å²) >= 11 is 0. The number of fused-ring (bicyclic) bond motifs is 2. The van der Waals surface area contributed by atoms with Gasteiger partial charge in [-0.2, -0.15) is 0 Å². The molecule has 2 bridgehead atoms. The van der Waals surface area contributed by atoms with E-state index in [-0.39, 0.29) is 29.8 Å². The molecule has 5 rings (SSSR count). The van der Waals surface area contributed by atoms with Gasteiger partial charge in [0.05, 0.1) is 11.3 Å². The number of anilines is 3. The fourth-order valence-electron chi connectivity index (χ4n) is 5.85. The van der Waals surface area contributed by atoms with Gasteiger partial charge in [-0.05, 0) is 89.2 Å². The lowest BCUT2D eigenvalue weighted by molar-refractivity contribution is 0.0924. The van der Waals surface area contributed by atoms with Gasteiger partial charge in [0.2, 0.25) is 0 Å². The molecule has 4 N–H and O–H groups in total. The molecule has 0 aliphatic carbocycles. The number of carbonyl (C=O) groups excluding carboxylic acids is 3. The first-order valence-electron chi connectivity index (χ1n) is 14.3. The zero-order valence-corrected chi connectivity index (χ0v) is 24.3. The van der Waals surface area contributed by atoms with Crippen molar-refractivity contribution in [2.24, 2.45) is 5.73 Å². The lowest BCUT2D eigenvalue weighted by Crippen LogP contribution is -2.50. The maximum absolute atomic E-state index is 13.4. The van der Waals surface area contributed by atoms with E-state index in [1.54, 1.807) is 24.4 Å². The van der Waals surface area contributed by atoms with Crippen LogP contribution in [0, 0.1) is 0 Å². The molecule has 10 nitrogen and oxygen atoms in total. The summed E-state index contributed by atoms with van der Waals surface area (Å²) in [6.07, 6.45) is 5.33. The van der Waals surface area contributed by atoms with Crippen molar-refractivity contribution in [3.8, 4) is 5.75 Å². The number of carbonyl (C=O) groups is 3. The highest BCUT2D eigenvalue weighted by Gasteiger charge is 2.41. The Kier molecular flexibility index (Phi) is 8.72. The van der Waals surface area contributed by atoms with E-state index in [0.29, 0.717) is 40.4 Å². The summed E-state index contributed by atoms with van der Waals surface area (Å²) in [6, 6.07) is 16.6. The van der Waals surface area contributed by atoms with Crippen LogP contribution in [-0.2, 0) is 0 Å². The Hall–Kier alpha value is -4.44. The molecule has 1 aromatic heterocycles. The van der Waals surface area contributed by atoms with Crippen LogP contribution in [0.3, 0.4) is 0 Å². The first-order valence-corrected chi connectivity index (χ1v) is 14.3. The van der Waals surface area contributed by atoms with Crippen molar-refractivity contribution in [3.05, 3.63) is 77.5 Å². The monoisotopic (exact) mass is 570 g/mol. The summed E-state index contributed by atoms with van der Waals surface area (Å²) in [7, 11) is 3.97. The molecule has 220 valence electrons. The highest BCUT2D eigenvalue weighted by atomic mass is 16.5. The number of nitrogens with zero attached hydrogens (tertiary/aromatic N) is 3. The van der Waals surface area contributed by atoms with E-state index in [0.717, 1.165) is 38.0 Å². The maximum Gasteiger partial charge on any atom is 0.251 e. The Labute approximate surface area is 246 Å². The summed E-state index contributed by atoms with van der Waals surface area (Å²) in [5.41, 5.74) is 8.16. The molecule has 3 heterocycles. The molecular formula is C32H38N6O4. The summed E-state index contributed by atoms with van der Waals surface area (Å²) in [6.45, 7) is 2.87. The van der Waals surface area contributed by atoms with E-state index in [2.05, 4.69) is 20.5 Å². The number of nitrogens with two attached hydrogens (primary N) is 1. The third-order valence-electron chi connectivity index (χ3n) is 7.95. The van der Waals surface area contributed by atoms with Crippen LogP contribution < -0.4 is 26.0 Å². The second kappa shape index (κ2) is 12.6. The van der Waals surface area contributed by atoms with Crippen molar-refractivity contribution >= 4 is 34.8 Å². The van der Waals surface area contributed by atoms with E-state index in [9.17, 15) is 14.4 Å². The van der Waals surface area contributed by atoms with E-state index < -0.39 is 5.91 Å². The van der Waals surface area contributed by atoms with Crippen LogP contribution in [0.5, 0.6) is 5.75 Å². The van der Waals surface area contributed by atoms with Crippen LogP contribution in [0.1, 0.15) is 63.7 Å². The largest absolute Gasteiger partial charge is 0.492 e. The number of ketones is 1. The molecule has 10 heteroatoms. The maximum atomic E-state index is 13.4. The molecular weight excluding hydrogens is 532 g/mol. The highest BCUT2D eigenvalue weighted by molar-refractivity contribution is 6.02. The number of pyridine rings is 1. The first-order chi connectivity index (χ1) is 20.2. The summed E-state index contributed by atoms with van der Waals surface area (Å²) in [5.74, 6) is 0.789. The summed E-state index contributed by atoms with van der Waals surface area (Å²) in [4.78, 5) is 46.1. The molecule has 2 aliphatic rings. The van der Waals surface area contributed by atoms with E-state index in [1.807, 2.05) is 55.4 Å². The predicted octanol–water partition coefficient (Wildman–Crippen LogP) is 4.00. The van der Waals surface area contributed by atoms with Gasteiger partial charge in [-0.1, -0.05) is 6.07 Å². The number of hydrogen-bond acceptors (Lipinski definition) is 8. The molecule has 3 aromatic rings. The number of hydrogen-bond donors (Lipinski definition) is 3. The third kappa shape index (κ3) is 6.71. The number of primary amides is 1. The molecule has 0 spiro atoms. The van der Waals surface area contributed by atoms with Crippen molar-refractivity contribution in [2.75, 3.05) is 37.5 Å². The summed E-state index contributed by atoms with van der Waals surface area (Å²) in [5, 5.41) is 6.46. The van der Waals surface area contributed by atoms with Crippen molar-refractivity contribution in [1.82, 2.24) is 15.2 Å². The van der Waals surface area contributed by atoms with Crippen LogP contribution in [0.15, 0.2) is 60.8 Å². The molecule has 0 radical (unpaired) electrons. The predicted molar refractivity (Wildman–Crippen MR) is 163 cm³/mol. The van der Waals surface area contributed by atoms with Crippen LogP contribution in [0.4, 0.5) is 17.2 Å². The van der Waals surface area contributed by atoms with Crippen LogP contribution >= 0.6 is 0 Å². The molecule has 42 heavy (non-hydrogen) atoms. The van der Waals surface area contributed by atoms with Gasteiger partial charge in [-0.15, -0.1) is 0 Å². The summed E-state index contributed by atoms with van der Waals surface area (Å²) < 4.78 is 5.83. The standard InChI is InChI=1S/C32H38N6O4/c1-20(39)22-8-12-30(34-19-22)38-25-9-10-26(38)17-24(16-25)36-32(41)21-7-11-28(31(33)40)29(15-21)35-23-5-4-6-27(18-23)42-14-13-37(2)3/h4-8,11-12,15,18-19,24-26,35H,9-10,13-14,16-17H2,1-3H3,(H2,33,40)(H,36,41). The number of ether oxygens (including phenoxy) is 1. The molecule has 2 fully saturated rings.